The Morgan fingerprint density at radius 3 is 2.62 bits per heavy atom. The van der Waals surface area contributed by atoms with Crippen molar-refractivity contribution in [3.05, 3.63) is 0 Å². The van der Waals surface area contributed by atoms with Crippen LogP contribution in [0.1, 0.15) is 51.4 Å². The first-order valence-corrected chi connectivity index (χ1v) is 7.97. The van der Waals surface area contributed by atoms with Gasteiger partial charge >= 0.3 is 5.97 Å². The normalized spacial score (nSPS) is 30.2. The number of carboxylic acid groups (broad SMARTS) is 1. The van der Waals surface area contributed by atoms with E-state index >= 15 is 0 Å². The lowest BCUT2D eigenvalue weighted by atomic mass is 9.83. The van der Waals surface area contributed by atoms with Crippen LogP contribution in [0.4, 0.5) is 0 Å². The molecule has 2 aliphatic rings. The molecule has 0 aromatic heterocycles. The molecular weight excluding hydrogens is 270 g/mol. The summed E-state index contributed by atoms with van der Waals surface area (Å²) in [5.41, 5.74) is 4.56. The van der Waals surface area contributed by atoms with Crippen LogP contribution in [-0.4, -0.2) is 41.7 Å². The minimum Gasteiger partial charge on any atom is -0.480 e. The number of nitrogens with two attached hydrogens (primary N) is 1. The predicted octanol–water partition coefficient (Wildman–Crippen LogP) is 0.606. The van der Waals surface area contributed by atoms with Crippen molar-refractivity contribution >= 4 is 11.9 Å². The Kier molecular flexibility index (Phi) is 5.22. The summed E-state index contributed by atoms with van der Waals surface area (Å²) in [7, 11) is 1.72. The van der Waals surface area contributed by atoms with Crippen LogP contribution in [0.5, 0.6) is 0 Å². The molecule has 21 heavy (non-hydrogen) atoms. The van der Waals surface area contributed by atoms with Gasteiger partial charge in [0.25, 0.3) is 0 Å². The standard InChI is InChI=1S/C15H27N3O3/c1-17-12(13(16)19)6-2-4-10-5-3-9-15(10,14(20)21)18-11-7-8-11/h10-12,17-18H,2-9H2,1H3,(H2,16,19)(H,20,21). The van der Waals surface area contributed by atoms with Crippen LogP contribution in [0, 0.1) is 5.92 Å². The van der Waals surface area contributed by atoms with Crippen LogP contribution in [0.3, 0.4) is 0 Å². The Balaban J connectivity index is 1.90. The van der Waals surface area contributed by atoms with Gasteiger partial charge in [-0.1, -0.05) is 12.8 Å². The molecular formula is C15H27N3O3. The number of carbonyl (C=O) groups is 2. The van der Waals surface area contributed by atoms with Crippen molar-refractivity contribution in [1.82, 2.24) is 10.6 Å². The third-order valence-corrected chi connectivity index (χ3v) is 4.98. The first kappa shape index (κ1) is 16.2. The first-order valence-electron chi connectivity index (χ1n) is 7.97. The van der Waals surface area contributed by atoms with Crippen LogP contribution >= 0.6 is 0 Å². The van der Waals surface area contributed by atoms with Gasteiger partial charge in [0.05, 0.1) is 6.04 Å². The maximum atomic E-state index is 11.8. The molecule has 6 heteroatoms. The monoisotopic (exact) mass is 297 g/mol. The van der Waals surface area contributed by atoms with E-state index in [1.807, 2.05) is 0 Å². The summed E-state index contributed by atoms with van der Waals surface area (Å²) in [6.07, 6.45) is 7.12. The largest absolute Gasteiger partial charge is 0.480 e. The molecule has 120 valence electrons. The van der Waals surface area contributed by atoms with Crippen LogP contribution in [0.2, 0.25) is 0 Å². The number of carboxylic acids is 1. The molecule has 2 rings (SSSR count). The summed E-state index contributed by atoms with van der Waals surface area (Å²) in [6.45, 7) is 0. The van der Waals surface area contributed by atoms with Crippen molar-refractivity contribution in [2.75, 3.05) is 7.05 Å². The second-order valence-corrected chi connectivity index (χ2v) is 6.46. The number of carbonyl (C=O) groups excluding carboxylic acids is 1. The third kappa shape index (κ3) is 3.74. The summed E-state index contributed by atoms with van der Waals surface area (Å²) in [4.78, 5) is 23.0. The predicted molar refractivity (Wildman–Crippen MR) is 79.8 cm³/mol. The van der Waals surface area contributed by atoms with E-state index in [1.54, 1.807) is 7.05 Å². The molecule has 0 radical (unpaired) electrons. The number of rotatable bonds is 9. The van der Waals surface area contributed by atoms with Crippen molar-refractivity contribution in [3.63, 3.8) is 0 Å². The topological polar surface area (TPSA) is 104 Å². The molecule has 0 heterocycles. The number of likely N-dealkylation sites (N-methyl/N-ethyl adjacent to an activating group) is 1. The molecule has 0 aromatic carbocycles. The molecule has 6 nitrogen and oxygen atoms in total. The highest BCUT2D eigenvalue weighted by atomic mass is 16.4. The number of primary amides is 1. The molecule has 1 amide bonds. The van der Waals surface area contributed by atoms with Gasteiger partial charge in [0.1, 0.15) is 5.54 Å². The number of nitrogens with one attached hydrogen (secondary N) is 2. The van der Waals surface area contributed by atoms with E-state index in [2.05, 4.69) is 10.6 Å². The first-order chi connectivity index (χ1) is 9.99. The van der Waals surface area contributed by atoms with Gasteiger partial charge in [0.15, 0.2) is 0 Å². The SMILES string of the molecule is CNC(CCCC1CCCC1(NC1CC1)C(=O)O)C(N)=O. The number of aliphatic carboxylic acids is 1. The van der Waals surface area contributed by atoms with Crippen molar-refractivity contribution in [3.8, 4) is 0 Å². The molecule has 2 aliphatic carbocycles. The van der Waals surface area contributed by atoms with Gasteiger partial charge < -0.3 is 16.2 Å². The van der Waals surface area contributed by atoms with Crippen molar-refractivity contribution in [2.24, 2.45) is 11.7 Å². The maximum Gasteiger partial charge on any atom is 0.324 e. The van der Waals surface area contributed by atoms with Gasteiger partial charge in [-0.15, -0.1) is 0 Å². The molecule has 0 bridgehead atoms. The quantitative estimate of drug-likeness (QED) is 0.499. The summed E-state index contributed by atoms with van der Waals surface area (Å²) in [5.74, 6) is -0.900. The van der Waals surface area contributed by atoms with E-state index in [4.69, 9.17) is 5.73 Å². The minimum absolute atomic E-state index is 0.154. The fourth-order valence-electron chi connectivity index (χ4n) is 3.59. The molecule has 2 fully saturated rings. The van der Waals surface area contributed by atoms with Crippen molar-refractivity contribution in [1.29, 1.82) is 0 Å². The second-order valence-electron chi connectivity index (χ2n) is 6.46. The van der Waals surface area contributed by atoms with Crippen LogP contribution < -0.4 is 16.4 Å². The number of hydrogen-bond acceptors (Lipinski definition) is 4. The van der Waals surface area contributed by atoms with Gasteiger partial charge in [-0.25, -0.2) is 0 Å². The zero-order valence-corrected chi connectivity index (χ0v) is 12.7. The smallest absolute Gasteiger partial charge is 0.324 e. The zero-order chi connectivity index (χ0) is 15.5. The van der Waals surface area contributed by atoms with E-state index < -0.39 is 11.5 Å². The zero-order valence-electron chi connectivity index (χ0n) is 12.7. The van der Waals surface area contributed by atoms with E-state index in [0.717, 1.165) is 44.9 Å². The highest BCUT2D eigenvalue weighted by molar-refractivity contribution is 5.80. The number of amides is 1. The van der Waals surface area contributed by atoms with Crippen molar-refractivity contribution in [2.45, 2.75) is 69.0 Å². The fraction of sp³-hybridized carbons (Fsp3) is 0.867. The molecule has 0 aromatic rings. The number of hydrogen-bond donors (Lipinski definition) is 4. The Morgan fingerprint density at radius 2 is 2.10 bits per heavy atom. The van der Waals surface area contributed by atoms with Gasteiger partial charge in [0.2, 0.25) is 5.91 Å². The van der Waals surface area contributed by atoms with E-state index in [0.29, 0.717) is 12.5 Å². The Bertz CT molecular complexity index is 398. The molecule has 2 saturated carbocycles. The van der Waals surface area contributed by atoms with Gasteiger partial charge in [-0.2, -0.15) is 0 Å². The third-order valence-electron chi connectivity index (χ3n) is 4.98. The Hall–Kier alpha value is -1.14. The summed E-state index contributed by atoms with van der Waals surface area (Å²) in [6, 6.07) is 0.0689. The van der Waals surface area contributed by atoms with Crippen LogP contribution in [0.25, 0.3) is 0 Å². The summed E-state index contributed by atoms with van der Waals surface area (Å²) < 4.78 is 0. The fourth-order valence-corrected chi connectivity index (χ4v) is 3.59. The highest BCUT2D eigenvalue weighted by Crippen LogP contribution is 2.41. The highest BCUT2D eigenvalue weighted by Gasteiger charge is 2.50. The van der Waals surface area contributed by atoms with E-state index in [9.17, 15) is 14.7 Å². The molecule has 3 unspecified atom stereocenters. The van der Waals surface area contributed by atoms with Crippen LogP contribution in [0.15, 0.2) is 0 Å². The minimum atomic E-state index is -0.747. The molecule has 0 aliphatic heterocycles. The average molecular weight is 297 g/mol. The lowest BCUT2D eigenvalue weighted by Gasteiger charge is -2.33. The van der Waals surface area contributed by atoms with Gasteiger partial charge in [0, 0.05) is 6.04 Å². The second kappa shape index (κ2) is 6.75. The molecule has 5 N–H and O–H groups in total. The lowest BCUT2D eigenvalue weighted by Crippen LogP contribution is -2.55. The molecule has 3 atom stereocenters. The Labute approximate surface area is 125 Å². The summed E-state index contributed by atoms with van der Waals surface area (Å²) in [5, 5.41) is 16.0. The maximum absolute atomic E-state index is 11.8. The molecule has 0 spiro atoms. The van der Waals surface area contributed by atoms with E-state index in [1.165, 1.54) is 0 Å². The van der Waals surface area contributed by atoms with Crippen molar-refractivity contribution < 1.29 is 14.7 Å². The van der Waals surface area contributed by atoms with E-state index in [-0.39, 0.29) is 17.9 Å². The van der Waals surface area contributed by atoms with Crippen LogP contribution in [-0.2, 0) is 9.59 Å². The van der Waals surface area contributed by atoms with Gasteiger partial charge in [-0.3, -0.25) is 14.9 Å². The molecule has 0 saturated heterocycles. The Morgan fingerprint density at radius 1 is 1.38 bits per heavy atom. The summed E-state index contributed by atoms with van der Waals surface area (Å²) >= 11 is 0. The lowest BCUT2D eigenvalue weighted by molar-refractivity contribution is -0.147. The average Bonchev–Trinajstić information content (AvgIpc) is 3.14. The van der Waals surface area contributed by atoms with Gasteiger partial charge in [-0.05, 0) is 51.5 Å².